The van der Waals surface area contributed by atoms with Gasteiger partial charge in [0.2, 0.25) is 0 Å². The Hall–Kier alpha value is -3.60. The number of carbonyl (C=O) groups is 1. The summed E-state index contributed by atoms with van der Waals surface area (Å²) in [4.78, 5) is 17.1. The summed E-state index contributed by atoms with van der Waals surface area (Å²) in [5.41, 5.74) is 3.18. The van der Waals surface area contributed by atoms with E-state index in [4.69, 9.17) is 0 Å². The molecular formula is C20H16N4O. The van der Waals surface area contributed by atoms with Crippen molar-refractivity contribution in [3.8, 4) is 11.3 Å². The molecule has 2 aromatic carbocycles. The van der Waals surface area contributed by atoms with Crippen LogP contribution >= 0.6 is 0 Å². The van der Waals surface area contributed by atoms with Crippen LogP contribution in [0.25, 0.3) is 16.9 Å². The molecule has 0 aliphatic carbocycles. The van der Waals surface area contributed by atoms with Gasteiger partial charge in [-0.05, 0) is 24.3 Å². The smallest absolute Gasteiger partial charge is 0.308 e. The van der Waals surface area contributed by atoms with Crippen molar-refractivity contribution in [1.82, 2.24) is 9.38 Å². The van der Waals surface area contributed by atoms with Crippen LogP contribution < -0.4 is 10.6 Å². The summed E-state index contributed by atoms with van der Waals surface area (Å²) >= 11 is 0. The van der Waals surface area contributed by atoms with Crippen molar-refractivity contribution in [1.29, 1.82) is 0 Å². The zero-order chi connectivity index (χ0) is 17.1. The maximum absolute atomic E-state index is 12.4. The Morgan fingerprint density at radius 1 is 0.800 bits per heavy atom. The van der Waals surface area contributed by atoms with E-state index >= 15 is 0 Å². The SMILES string of the molecule is O=C(Nc1ccccc1)Nc1c(-c2ccccc2)nc2ccccn12. The highest BCUT2D eigenvalue weighted by Crippen LogP contribution is 2.28. The van der Waals surface area contributed by atoms with Crippen LogP contribution in [0, 0.1) is 0 Å². The fourth-order valence-corrected chi connectivity index (χ4v) is 2.70. The molecule has 2 N–H and O–H groups in total. The number of hydrogen-bond donors (Lipinski definition) is 2. The summed E-state index contributed by atoms with van der Waals surface area (Å²) in [7, 11) is 0. The summed E-state index contributed by atoms with van der Waals surface area (Å²) in [6, 6.07) is 24.6. The zero-order valence-electron chi connectivity index (χ0n) is 13.4. The van der Waals surface area contributed by atoms with Gasteiger partial charge in [-0.2, -0.15) is 0 Å². The third-order valence-electron chi connectivity index (χ3n) is 3.84. The van der Waals surface area contributed by atoms with Crippen molar-refractivity contribution in [3.63, 3.8) is 0 Å². The maximum atomic E-state index is 12.4. The molecule has 0 atom stereocenters. The van der Waals surface area contributed by atoms with Gasteiger partial charge in [0.25, 0.3) is 0 Å². The number of para-hydroxylation sites is 1. The lowest BCUT2D eigenvalue weighted by Crippen LogP contribution is -2.20. The quantitative estimate of drug-likeness (QED) is 0.575. The molecule has 0 aliphatic rings. The summed E-state index contributed by atoms with van der Waals surface area (Å²) < 4.78 is 1.87. The zero-order valence-corrected chi connectivity index (χ0v) is 13.4. The number of carbonyl (C=O) groups excluding carboxylic acids is 1. The molecule has 5 nitrogen and oxygen atoms in total. The van der Waals surface area contributed by atoms with Crippen LogP contribution in [0.3, 0.4) is 0 Å². The van der Waals surface area contributed by atoms with Gasteiger partial charge in [0, 0.05) is 17.4 Å². The van der Waals surface area contributed by atoms with Crippen LogP contribution in [0.4, 0.5) is 16.3 Å². The van der Waals surface area contributed by atoms with Crippen LogP contribution in [-0.4, -0.2) is 15.4 Å². The molecule has 5 heteroatoms. The molecule has 4 rings (SSSR count). The average Bonchev–Trinajstić information content (AvgIpc) is 3.02. The highest BCUT2D eigenvalue weighted by Gasteiger charge is 2.16. The van der Waals surface area contributed by atoms with Gasteiger partial charge in [0.1, 0.15) is 17.2 Å². The minimum Gasteiger partial charge on any atom is -0.308 e. The number of nitrogens with zero attached hydrogens (tertiary/aromatic N) is 2. The van der Waals surface area contributed by atoms with E-state index in [9.17, 15) is 4.79 Å². The summed E-state index contributed by atoms with van der Waals surface area (Å²) in [5.74, 6) is 0.634. The number of amides is 2. The summed E-state index contributed by atoms with van der Waals surface area (Å²) in [6.07, 6.45) is 1.88. The normalized spacial score (nSPS) is 10.6. The van der Waals surface area contributed by atoms with Crippen LogP contribution in [-0.2, 0) is 0 Å². The number of anilines is 2. The molecule has 0 radical (unpaired) electrons. The highest BCUT2D eigenvalue weighted by atomic mass is 16.2. The summed E-state index contributed by atoms with van der Waals surface area (Å²) in [5, 5.41) is 5.76. The molecule has 0 fully saturated rings. The molecule has 2 amide bonds. The van der Waals surface area contributed by atoms with Gasteiger partial charge in [-0.1, -0.05) is 54.6 Å². The molecule has 2 heterocycles. The second-order valence-corrected chi connectivity index (χ2v) is 5.55. The van der Waals surface area contributed by atoms with Crippen molar-refractivity contribution in [2.45, 2.75) is 0 Å². The predicted molar refractivity (Wildman–Crippen MR) is 99.7 cm³/mol. The predicted octanol–water partition coefficient (Wildman–Crippen LogP) is 4.65. The van der Waals surface area contributed by atoms with Crippen LogP contribution in [0.15, 0.2) is 85.1 Å². The van der Waals surface area contributed by atoms with E-state index in [0.717, 1.165) is 22.6 Å². The Morgan fingerprint density at radius 2 is 1.48 bits per heavy atom. The molecule has 122 valence electrons. The number of nitrogens with one attached hydrogen (secondary N) is 2. The third kappa shape index (κ3) is 3.07. The minimum atomic E-state index is -0.311. The minimum absolute atomic E-state index is 0.311. The first-order valence-corrected chi connectivity index (χ1v) is 7.97. The largest absolute Gasteiger partial charge is 0.324 e. The number of fused-ring (bicyclic) bond motifs is 1. The van der Waals surface area contributed by atoms with Gasteiger partial charge in [-0.25, -0.2) is 9.78 Å². The van der Waals surface area contributed by atoms with Crippen molar-refractivity contribution in [2.75, 3.05) is 10.6 Å². The topological polar surface area (TPSA) is 58.4 Å². The first kappa shape index (κ1) is 15.0. The van der Waals surface area contributed by atoms with Crippen molar-refractivity contribution >= 4 is 23.2 Å². The van der Waals surface area contributed by atoms with Gasteiger partial charge in [0.05, 0.1) is 0 Å². The highest BCUT2D eigenvalue weighted by molar-refractivity contribution is 6.01. The lowest BCUT2D eigenvalue weighted by atomic mass is 10.1. The van der Waals surface area contributed by atoms with Crippen molar-refractivity contribution in [2.24, 2.45) is 0 Å². The van der Waals surface area contributed by atoms with Gasteiger partial charge in [0.15, 0.2) is 0 Å². The molecule has 0 spiro atoms. The monoisotopic (exact) mass is 328 g/mol. The van der Waals surface area contributed by atoms with E-state index in [2.05, 4.69) is 15.6 Å². The van der Waals surface area contributed by atoms with Crippen LogP contribution in [0.5, 0.6) is 0 Å². The molecule has 0 aliphatic heterocycles. The Balaban J connectivity index is 1.71. The number of aromatic nitrogens is 2. The number of imidazole rings is 1. The Bertz CT molecular complexity index is 1010. The Labute approximate surface area is 145 Å². The van der Waals surface area contributed by atoms with Gasteiger partial charge >= 0.3 is 6.03 Å². The van der Waals surface area contributed by atoms with E-state index in [1.807, 2.05) is 89.5 Å². The molecular weight excluding hydrogens is 312 g/mol. The molecule has 4 aromatic rings. The fraction of sp³-hybridized carbons (Fsp3) is 0. The number of pyridine rings is 1. The molecule has 0 saturated carbocycles. The average molecular weight is 328 g/mol. The molecule has 0 unspecified atom stereocenters. The second-order valence-electron chi connectivity index (χ2n) is 5.55. The van der Waals surface area contributed by atoms with Gasteiger partial charge in [-0.15, -0.1) is 0 Å². The van der Waals surface area contributed by atoms with E-state index in [1.54, 1.807) is 0 Å². The van der Waals surface area contributed by atoms with Crippen molar-refractivity contribution in [3.05, 3.63) is 85.1 Å². The van der Waals surface area contributed by atoms with E-state index in [0.29, 0.717) is 5.82 Å². The van der Waals surface area contributed by atoms with Crippen LogP contribution in [0.2, 0.25) is 0 Å². The molecule has 0 bridgehead atoms. The number of benzene rings is 2. The lowest BCUT2D eigenvalue weighted by Gasteiger charge is -2.09. The van der Waals surface area contributed by atoms with Gasteiger partial charge < -0.3 is 5.32 Å². The lowest BCUT2D eigenvalue weighted by molar-refractivity contribution is 0.262. The van der Waals surface area contributed by atoms with E-state index < -0.39 is 0 Å². The van der Waals surface area contributed by atoms with Gasteiger partial charge in [-0.3, -0.25) is 9.72 Å². The first-order chi connectivity index (χ1) is 12.3. The third-order valence-corrected chi connectivity index (χ3v) is 3.84. The molecule has 25 heavy (non-hydrogen) atoms. The van der Waals surface area contributed by atoms with Crippen LogP contribution in [0.1, 0.15) is 0 Å². The second kappa shape index (κ2) is 6.49. The van der Waals surface area contributed by atoms with E-state index in [-0.39, 0.29) is 6.03 Å². The Morgan fingerprint density at radius 3 is 2.24 bits per heavy atom. The standard InChI is InChI=1S/C20H16N4O/c25-20(21-16-11-5-2-6-12-16)23-19-18(15-9-3-1-4-10-15)22-17-13-7-8-14-24(17)19/h1-14H,(H2,21,23,25). The van der Waals surface area contributed by atoms with E-state index in [1.165, 1.54) is 0 Å². The molecule has 2 aromatic heterocycles. The summed E-state index contributed by atoms with van der Waals surface area (Å²) in [6.45, 7) is 0. The fourth-order valence-electron chi connectivity index (χ4n) is 2.70. The number of urea groups is 1. The first-order valence-electron chi connectivity index (χ1n) is 7.97. The van der Waals surface area contributed by atoms with Crippen molar-refractivity contribution < 1.29 is 4.79 Å². The Kier molecular flexibility index (Phi) is 3.88. The molecule has 0 saturated heterocycles. The number of hydrogen-bond acceptors (Lipinski definition) is 2. The number of rotatable bonds is 3. The maximum Gasteiger partial charge on any atom is 0.324 e.